The molecule has 3 heterocycles. The fourth-order valence-electron chi connectivity index (χ4n) is 4.47. The van der Waals surface area contributed by atoms with Crippen LogP contribution in [0.5, 0.6) is 5.75 Å². The fourth-order valence-corrected chi connectivity index (χ4v) is 5.34. The first kappa shape index (κ1) is 32.5. The number of nitrogens with two attached hydrogens (primary N) is 1. The van der Waals surface area contributed by atoms with Crippen molar-refractivity contribution in [3.8, 4) is 28.3 Å². The topological polar surface area (TPSA) is 153 Å². The Morgan fingerprint density at radius 3 is 2.61 bits per heavy atom. The molecular formula is C30H34F2N6O5S. The molecule has 1 unspecified atom stereocenters. The Morgan fingerprint density at radius 1 is 1.16 bits per heavy atom. The van der Waals surface area contributed by atoms with Crippen LogP contribution in [0, 0.1) is 5.82 Å². The number of morpholine rings is 1. The molecular weight excluding hydrogens is 594 g/mol. The average Bonchev–Trinajstić information content (AvgIpc) is 3.04. The van der Waals surface area contributed by atoms with Gasteiger partial charge in [0.25, 0.3) is 0 Å². The maximum atomic E-state index is 15.8. The van der Waals surface area contributed by atoms with E-state index in [0.717, 1.165) is 0 Å². The molecule has 4 aromatic rings. The van der Waals surface area contributed by atoms with Crippen LogP contribution < -0.4 is 20.1 Å². The van der Waals surface area contributed by atoms with E-state index in [1.807, 2.05) is 18.7 Å². The summed E-state index contributed by atoms with van der Waals surface area (Å²) in [6, 6.07) is 11.1. The molecule has 0 spiro atoms. The van der Waals surface area contributed by atoms with Gasteiger partial charge in [-0.1, -0.05) is 26.0 Å². The fraction of sp³-hybridized carbons (Fsp3) is 0.333. The average molecular weight is 629 g/mol. The molecule has 1 aliphatic heterocycles. The van der Waals surface area contributed by atoms with E-state index in [2.05, 4.69) is 9.71 Å². The van der Waals surface area contributed by atoms with Crippen LogP contribution in [0.3, 0.4) is 0 Å². The summed E-state index contributed by atoms with van der Waals surface area (Å²) in [7, 11) is -1.68. The molecule has 0 aliphatic carbocycles. The van der Waals surface area contributed by atoms with Crippen molar-refractivity contribution in [1.82, 2.24) is 15.0 Å². The number of pyridine rings is 1. The van der Waals surface area contributed by atoms with Gasteiger partial charge in [0.05, 0.1) is 25.6 Å². The van der Waals surface area contributed by atoms with Crippen LogP contribution in [-0.2, 0) is 20.5 Å². The van der Waals surface area contributed by atoms with E-state index in [0.29, 0.717) is 65.8 Å². The van der Waals surface area contributed by atoms with E-state index in [4.69, 9.17) is 25.2 Å². The Bertz CT molecular complexity index is 1620. The zero-order valence-electron chi connectivity index (χ0n) is 24.4. The molecule has 2 aromatic carbocycles. The van der Waals surface area contributed by atoms with Crippen LogP contribution in [0.4, 0.5) is 26.1 Å². The SMILES string of the molecule is CC.Nc1ccc(-c2nc(N3CCOCC3)c3cc(-c4cccc(NS(=O)CCCF)c4F)cc(OCC(=O)O)c3n2)cn1. The molecule has 14 heteroatoms. The zero-order chi connectivity index (χ0) is 31.6. The molecule has 0 saturated carbocycles. The number of nitrogens with zero attached hydrogens (tertiary/aromatic N) is 4. The molecule has 1 atom stereocenters. The molecule has 11 nitrogen and oxygen atoms in total. The van der Waals surface area contributed by atoms with Crippen molar-refractivity contribution >= 4 is 45.2 Å². The summed E-state index contributed by atoms with van der Waals surface area (Å²) in [6.07, 6.45) is 1.62. The van der Waals surface area contributed by atoms with E-state index >= 15 is 4.39 Å². The first-order valence-electron chi connectivity index (χ1n) is 14.1. The van der Waals surface area contributed by atoms with Gasteiger partial charge in [0.2, 0.25) is 0 Å². The molecule has 0 amide bonds. The van der Waals surface area contributed by atoms with Crippen LogP contribution in [0.1, 0.15) is 20.3 Å². The van der Waals surface area contributed by atoms with Gasteiger partial charge in [0, 0.05) is 41.6 Å². The highest BCUT2D eigenvalue weighted by molar-refractivity contribution is 7.86. The van der Waals surface area contributed by atoms with Crippen molar-refractivity contribution in [3.05, 3.63) is 54.5 Å². The molecule has 1 fully saturated rings. The molecule has 44 heavy (non-hydrogen) atoms. The number of hydrogen-bond donors (Lipinski definition) is 3. The molecule has 234 valence electrons. The Kier molecular flexibility index (Phi) is 11.3. The van der Waals surface area contributed by atoms with E-state index in [9.17, 15) is 18.5 Å². The van der Waals surface area contributed by atoms with Gasteiger partial charge in [-0.25, -0.2) is 28.3 Å². The van der Waals surface area contributed by atoms with Gasteiger partial charge >= 0.3 is 5.97 Å². The minimum Gasteiger partial charge on any atom is -0.480 e. The minimum atomic E-state index is -1.68. The van der Waals surface area contributed by atoms with Crippen LogP contribution in [0.2, 0.25) is 0 Å². The van der Waals surface area contributed by atoms with E-state index in [1.165, 1.54) is 24.4 Å². The number of carbonyl (C=O) groups is 1. The summed E-state index contributed by atoms with van der Waals surface area (Å²) in [4.78, 5) is 27.1. The second-order valence-corrected chi connectivity index (χ2v) is 10.7. The molecule has 1 aliphatic rings. The van der Waals surface area contributed by atoms with Crippen molar-refractivity contribution < 1.29 is 32.4 Å². The predicted molar refractivity (Wildman–Crippen MR) is 167 cm³/mol. The summed E-state index contributed by atoms with van der Waals surface area (Å²) >= 11 is 0. The number of benzene rings is 2. The molecule has 1 saturated heterocycles. The van der Waals surface area contributed by atoms with Crippen molar-refractivity contribution in [2.75, 3.05) is 60.7 Å². The quantitative estimate of drug-likeness (QED) is 0.210. The van der Waals surface area contributed by atoms with Gasteiger partial charge in [-0.15, -0.1) is 0 Å². The number of nitrogens with one attached hydrogen (secondary N) is 1. The van der Waals surface area contributed by atoms with E-state index < -0.39 is 36.1 Å². The summed E-state index contributed by atoms with van der Waals surface area (Å²) in [5.41, 5.74) is 7.15. The summed E-state index contributed by atoms with van der Waals surface area (Å²) < 4.78 is 54.4. The van der Waals surface area contributed by atoms with Crippen LogP contribution in [0.25, 0.3) is 33.4 Å². The molecule has 0 radical (unpaired) electrons. The second kappa shape index (κ2) is 15.3. The maximum absolute atomic E-state index is 15.8. The Morgan fingerprint density at radius 2 is 1.93 bits per heavy atom. The van der Waals surface area contributed by atoms with Gasteiger partial charge in [-0.05, 0) is 42.3 Å². The third-order valence-electron chi connectivity index (χ3n) is 6.45. The highest BCUT2D eigenvalue weighted by Gasteiger charge is 2.23. The largest absolute Gasteiger partial charge is 0.480 e. The van der Waals surface area contributed by atoms with E-state index in [-0.39, 0.29) is 29.2 Å². The van der Waals surface area contributed by atoms with Crippen molar-refractivity contribution in [1.29, 1.82) is 0 Å². The zero-order valence-corrected chi connectivity index (χ0v) is 25.2. The number of fused-ring (bicyclic) bond motifs is 1. The third-order valence-corrected chi connectivity index (χ3v) is 7.56. The predicted octanol–water partition coefficient (Wildman–Crippen LogP) is 4.84. The van der Waals surface area contributed by atoms with Gasteiger partial charge in [-0.2, -0.15) is 0 Å². The number of aromatic nitrogens is 3. The molecule has 4 N–H and O–H groups in total. The lowest BCUT2D eigenvalue weighted by molar-refractivity contribution is -0.139. The smallest absolute Gasteiger partial charge is 0.341 e. The number of carboxylic acid groups (broad SMARTS) is 1. The summed E-state index contributed by atoms with van der Waals surface area (Å²) in [5, 5.41) is 9.86. The van der Waals surface area contributed by atoms with Crippen LogP contribution >= 0.6 is 0 Å². The number of anilines is 3. The van der Waals surface area contributed by atoms with Crippen molar-refractivity contribution in [2.24, 2.45) is 0 Å². The first-order valence-corrected chi connectivity index (χ1v) is 15.4. The lowest BCUT2D eigenvalue weighted by atomic mass is 10.0. The highest BCUT2D eigenvalue weighted by atomic mass is 32.2. The van der Waals surface area contributed by atoms with Gasteiger partial charge in [-0.3, -0.25) is 4.39 Å². The third kappa shape index (κ3) is 7.74. The monoisotopic (exact) mass is 628 g/mol. The van der Waals surface area contributed by atoms with Crippen molar-refractivity contribution in [3.63, 3.8) is 0 Å². The number of rotatable bonds is 11. The lowest BCUT2D eigenvalue weighted by Gasteiger charge is -2.29. The standard InChI is InChI=1S/C28H28F2N6O5S.C2H6/c29-7-2-12-42(39)35-21-4-1-3-19(25(21)30)18-13-20-26(22(14-18)41-16-24(37)38)33-27(17-5-6-23(31)32-15-17)34-28(20)36-8-10-40-11-9-36;1-2/h1,3-6,13-15,35H,2,7-12,16H2,(H2,31,32)(H,37,38);1-2H3. The highest BCUT2D eigenvalue weighted by Crippen LogP contribution is 2.39. The van der Waals surface area contributed by atoms with Crippen molar-refractivity contribution in [2.45, 2.75) is 20.3 Å². The number of hydrogen-bond acceptors (Lipinski definition) is 9. The Balaban J connectivity index is 0.00000216. The second-order valence-electron chi connectivity index (χ2n) is 9.36. The number of alkyl halides is 1. The molecule has 0 bridgehead atoms. The molecule has 2 aromatic heterocycles. The first-order chi connectivity index (χ1) is 21.3. The Hall–Kier alpha value is -4.43. The number of halogens is 2. The number of carboxylic acids is 1. The normalized spacial score (nSPS) is 13.6. The summed E-state index contributed by atoms with van der Waals surface area (Å²) in [5.74, 6) is -0.587. The Labute approximate surface area is 256 Å². The minimum absolute atomic E-state index is 0.0198. The number of aliphatic carboxylic acids is 1. The number of ether oxygens (including phenoxy) is 2. The molecule has 5 rings (SSSR count). The van der Waals surface area contributed by atoms with Gasteiger partial charge < -0.3 is 29.9 Å². The number of nitrogen functional groups attached to an aromatic ring is 1. The van der Waals surface area contributed by atoms with Gasteiger partial charge in [0.15, 0.2) is 18.2 Å². The van der Waals surface area contributed by atoms with Crippen LogP contribution in [-0.4, -0.2) is 75.6 Å². The maximum Gasteiger partial charge on any atom is 0.341 e. The van der Waals surface area contributed by atoms with Crippen LogP contribution in [0.15, 0.2) is 48.7 Å². The lowest BCUT2D eigenvalue weighted by Crippen LogP contribution is -2.37. The van der Waals surface area contributed by atoms with E-state index in [1.54, 1.807) is 24.3 Å². The summed E-state index contributed by atoms with van der Waals surface area (Å²) in [6.45, 7) is 4.70. The van der Waals surface area contributed by atoms with Gasteiger partial charge in [0.1, 0.15) is 33.9 Å².